The standard InChI is InChI=1S/C22H30N2O2/c1-18-10-14-24(15-11-18)13-5-4-12-23-22(25)17-26-21-9-8-19-6-2-3-7-20(19)16-21/h2-3,6-9,16,18H,4-5,10-15,17H2,1H3,(H,23,25). The number of amides is 1. The lowest BCUT2D eigenvalue weighted by atomic mass is 9.99. The van der Waals surface area contributed by atoms with E-state index >= 15 is 0 Å². The van der Waals surface area contributed by atoms with Gasteiger partial charge in [0.25, 0.3) is 5.91 Å². The van der Waals surface area contributed by atoms with Gasteiger partial charge in [0.2, 0.25) is 0 Å². The molecule has 26 heavy (non-hydrogen) atoms. The van der Waals surface area contributed by atoms with Crippen LogP contribution < -0.4 is 10.1 Å². The van der Waals surface area contributed by atoms with Gasteiger partial charge in [-0.1, -0.05) is 37.3 Å². The molecule has 140 valence electrons. The summed E-state index contributed by atoms with van der Waals surface area (Å²) < 4.78 is 5.62. The SMILES string of the molecule is CC1CCN(CCCCNC(=O)COc2ccc3ccccc3c2)CC1. The van der Waals surface area contributed by atoms with Crippen LogP contribution in [0.4, 0.5) is 0 Å². The lowest BCUT2D eigenvalue weighted by Gasteiger charge is -2.30. The predicted molar refractivity (Wildman–Crippen MR) is 107 cm³/mol. The summed E-state index contributed by atoms with van der Waals surface area (Å²) in [5.74, 6) is 1.57. The topological polar surface area (TPSA) is 41.6 Å². The van der Waals surface area contributed by atoms with Gasteiger partial charge in [0.15, 0.2) is 6.61 Å². The van der Waals surface area contributed by atoms with Crippen molar-refractivity contribution in [3.63, 3.8) is 0 Å². The molecule has 1 amide bonds. The van der Waals surface area contributed by atoms with Crippen molar-refractivity contribution in [3.05, 3.63) is 42.5 Å². The summed E-state index contributed by atoms with van der Waals surface area (Å²) in [6.45, 7) is 6.75. The number of unbranched alkanes of at least 4 members (excludes halogenated alkanes) is 1. The molecular weight excluding hydrogens is 324 g/mol. The molecule has 0 saturated carbocycles. The van der Waals surface area contributed by atoms with Gasteiger partial charge in [-0.15, -0.1) is 0 Å². The molecule has 4 nitrogen and oxygen atoms in total. The van der Waals surface area contributed by atoms with Gasteiger partial charge in [0.1, 0.15) is 5.75 Å². The summed E-state index contributed by atoms with van der Waals surface area (Å²) in [5.41, 5.74) is 0. The third-order valence-corrected chi connectivity index (χ3v) is 5.19. The van der Waals surface area contributed by atoms with Crippen LogP contribution in [0.1, 0.15) is 32.6 Å². The summed E-state index contributed by atoms with van der Waals surface area (Å²) in [6.07, 6.45) is 4.81. The van der Waals surface area contributed by atoms with E-state index in [4.69, 9.17) is 4.74 Å². The first-order chi connectivity index (χ1) is 12.7. The van der Waals surface area contributed by atoms with E-state index < -0.39 is 0 Å². The molecule has 2 aromatic rings. The average Bonchev–Trinajstić information content (AvgIpc) is 2.67. The maximum atomic E-state index is 11.9. The van der Waals surface area contributed by atoms with Gasteiger partial charge in [-0.25, -0.2) is 0 Å². The normalized spacial score (nSPS) is 15.9. The van der Waals surface area contributed by atoms with Crippen molar-refractivity contribution < 1.29 is 9.53 Å². The molecule has 0 aromatic heterocycles. The molecular formula is C22H30N2O2. The Morgan fingerprint density at radius 1 is 1.12 bits per heavy atom. The van der Waals surface area contributed by atoms with Crippen molar-refractivity contribution in [1.82, 2.24) is 10.2 Å². The van der Waals surface area contributed by atoms with E-state index in [1.807, 2.05) is 36.4 Å². The van der Waals surface area contributed by atoms with Gasteiger partial charge in [0.05, 0.1) is 0 Å². The van der Waals surface area contributed by atoms with Crippen LogP contribution in [0.2, 0.25) is 0 Å². The zero-order chi connectivity index (χ0) is 18.2. The zero-order valence-corrected chi connectivity index (χ0v) is 15.7. The zero-order valence-electron chi connectivity index (χ0n) is 15.7. The molecule has 0 atom stereocenters. The number of hydrogen-bond acceptors (Lipinski definition) is 3. The third kappa shape index (κ3) is 5.73. The van der Waals surface area contributed by atoms with E-state index in [2.05, 4.69) is 23.2 Å². The van der Waals surface area contributed by atoms with Crippen LogP contribution in [-0.4, -0.2) is 43.6 Å². The van der Waals surface area contributed by atoms with Crippen LogP contribution in [0.3, 0.4) is 0 Å². The third-order valence-electron chi connectivity index (χ3n) is 5.19. The van der Waals surface area contributed by atoms with Crippen LogP contribution in [-0.2, 0) is 4.79 Å². The van der Waals surface area contributed by atoms with Crippen molar-refractivity contribution >= 4 is 16.7 Å². The second-order valence-corrected chi connectivity index (χ2v) is 7.38. The number of ether oxygens (including phenoxy) is 1. The van der Waals surface area contributed by atoms with E-state index in [0.717, 1.165) is 43.0 Å². The maximum Gasteiger partial charge on any atom is 0.257 e. The van der Waals surface area contributed by atoms with Gasteiger partial charge < -0.3 is 15.0 Å². The Morgan fingerprint density at radius 3 is 2.69 bits per heavy atom. The van der Waals surface area contributed by atoms with E-state index in [1.54, 1.807) is 0 Å². The molecule has 1 N–H and O–H groups in total. The van der Waals surface area contributed by atoms with Gasteiger partial charge >= 0.3 is 0 Å². The van der Waals surface area contributed by atoms with Crippen LogP contribution in [0, 0.1) is 5.92 Å². The minimum absolute atomic E-state index is 0.0510. The monoisotopic (exact) mass is 354 g/mol. The highest BCUT2D eigenvalue weighted by Crippen LogP contribution is 2.20. The molecule has 0 aliphatic carbocycles. The second-order valence-electron chi connectivity index (χ2n) is 7.38. The number of rotatable bonds is 8. The van der Waals surface area contributed by atoms with Gasteiger partial charge in [-0.2, -0.15) is 0 Å². The number of fused-ring (bicyclic) bond motifs is 1. The number of piperidine rings is 1. The van der Waals surface area contributed by atoms with Crippen LogP contribution in [0.15, 0.2) is 42.5 Å². The first-order valence-electron chi connectivity index (χ1n) is 9.81. The molecule has 0 spiro atoms. The highest BCUT2D eigenvalue weighted by molar-refractivity contribution is 5.84. The molecule has 1 aliphatic heterocycles. The van der Waals surface area contributed by atoms with E-state index in [-0.39, 0.29) is 12.5 Å². The lowest BCUT2D eigenvalue weighted by Crippen LogP contribution is -2.34. The minimum atomic E-state index is -0.0510. The summed E-state index contributed by atoms with van der Waals surface area (Å²) in [5, 5.41) is 5.25. The van der Waals surface area contributed by atoms with Crippen molar-refractivity contribution in [2.24, 2.45) is 5.92 Å². The molecule has 2 aromatic carbocycles. The number of nitrogens with zero attached hydrogens (tertiary/aromatic N) is 1. The van der Waals surface area contributed by atoms with E-state index in [9.17, 15) is 4.79 Å². The molecule has 1 saturated heterocycles. The molecule has 1 aliphatic rings. The van der Waals surface area contributed by atoms with Crippen LogP contribution in [0.25, 0.3) is 10.8 Å². The number of carbonyl (C=O) groups is 1. The summed E-state index contributed by atoms with van der Waals surface area (Å²) in [6, 6.07) is 14.0. The fraction of sp³-hybridized carbons (Fsp3) is 0.500. The van der Waals surface area contributed by atoms with Crippen molar-refractivity contribution in [3.8, 4) is 5.75 Å². The first-order valence-corrected chi connectivity index (χ1v) is 9.81. The van der Waals surface area contributed by atoms with Crippen molar-refractivity contribution in [1.29, 1.82) is 0 Å². The minimum Gasteiger partial charge on any atom is -0.484 e. The molecule has 4 heteroatoms. The number of carbonyl (C=O) groups excluding carboxylic acids is 1. The number of nitrogens with one attached hydrogen (secondary N) is 1. The predicted octanol–water partition coefficient (Wildman–Crippen LogP) is 3.85. The van der Waals surface area contributed by atoms with Gasteiger partial charge in [0, 0.05) is 6.54 Å². The van der Waals surface area contributed by atoms with Crippen molar-refractivity contribution in [2.75, 3.05) is 32.8 Å². The summed E-state index contributed by atoms with van der Waals surface area (Å²) in [7, 11) is 0. The highest BCUT2D eigenvalue weighted by Gasteiger charge is 2.14. The smallest absolute Gasteiger partial charge is 0.257 e. The average molecular weight is 354 g/mol. The Kier molecular flexibility index (Phi) is 6.89. The largest absolute Gasteiger partial charge is 0.484 e. The molecule has 1 fully saturated rings. The number of hydrogen-bond donors (Lipinski definition) is 1. The molecule has 0 bridgehead atoms. The van der Waals surface area contributed by atoms with Gasteiger partial charge in [-0.3, -0.25) is 4.79 Å². The summed E-state index contributed by atoms with van der Waals surface area (Å²) >= 11 is 0. The highest BCUT2D eigenvalue weighted by atomic mass is 16.5. The fourth-order valence-corrected chi connectivity index (χ4v) is 3.43. The Labute approximate surface area is 156 Å². The lowest BCUT2D eigenvalue weighted by molar-refractivity contribution is -0.123. The molecule has 0 unspecified atom stereocenters. The van der Waals surface area contributed by atoms with E-state index in [0.29, 0.717) is 0 Å². The maximum absolute atomic E-state index is 11.9. The Bertz CT molecular complexity index is 708. The fourth-order valence-electron chi connectivity index (χ4n) is 3.43. The number of benzene rings is 2. The van der Waals surface area contributed by atoms with Crippen molar-refractivity contribution in [2.45, 2.75) is 32.6 Å². The second kappa shape index (κ2) is 9.58. The molecule has 0 radical (unpaired) electrons. The first kappa shape index (κ1) is 18.7. The Balaban J connectivity index is 1.29. The Hall–Kier alpha value is -2.07. The summed E-state index contributed by atoms with van der Waals surface area (Å²) in [4.78, 5) is 14.5. The quantitative estimate of drug-likeness (QED) is 0.732. The van der Waals surface area contributed by atoms with E-state index in [1.165, 1.54) is 31.3 Å². The van der Waals surface area contributed by atoms with Gasteiger partial charge in [-0.05, 0) is 74.1 Å². The Morgan fingerprint density at radius 2 is 1.88 bits per heavy atom. The van der Waals surface area contributed by atoms with Crippen LogP contribution in [0.5, 0.6) is 5.75 Å². The van der Waals surface area contributed by atoms with Crippen LogP contribution >= 0.6 is 0 Å². The molecule has 3 rings (SSSR count). The number of likely N-dealkylation sites (tertiary alicyclic amines) is 1. The molecule has 1 heterocycles.